The van der Waals surface area contributed by atoms with Gasteiger partial charge < -0.3 is 15.9 Å². The number of nitrogen functional groups attached to an aromatic ring is 1. The Bertz CT molecular complexity index is 404. The Hall–Kier alpha value is -1.98. The molecule has 1 aromatic carbocycles. The zero-order valence-corrected chi connectivity index (χ0v) is 8.23. The van der Waals surface area contributed by atoms with Crippen molar-refractivity contribution in [2.45, 2.75) is 19.8 Å². The predicted molar refractivity (Wildman–Crippen MR) is 54.8 cm³/mol. The summed E-state index contributed by atoms with van der Waals surface area (Å²) in [6.45, 7) is 1.86. The van der Waals surface area contributed by atoms with E-state index in [2.05, 4.69) is 0 Å². The lowest BCUT2D eigenvalue weighted by Crippen LogP contribution is -1.99. The maximum atomic E-state index is 10.6. The number of nitro groups is 1. The van der Waals surface area contributed by atoms with E-state index in [1.54, 1.807) is 0 Å². The van der Waals surface area contributed by atoms with Crippen molar-refractivity contribution in [3.05, 3.63) is 21.7 Å². The Morgan fingerprint density at radius 3 is 2.60 bits per heavy atom. The Morgan fingerprint density at radius 1 is 1.53 bits per heavy atom. The molecule has 0 spiro atoms. The summed E-state index contributed by atoms with van der Waals surface area (Å²) < 4.78 is 0. The van der Waals surface area contributed by atoms with Crippen molar-refractivity contribution in [1.29, 1.82) is 0 Å². The number of aryl methyl sites for hydroxylation is 1. The minimum absolute atomic E-state index is 0.330. The van der Waals surface area contributed by atoms with Gasteiger partial charge in [0, 0.05) is 5.56 Å². The number of rotatable bonds is 3. The summed E-state index contributed by atoms with van der Waals surface area (Å²) in [5.74, 6) is -0.833. The number of aromatic hydroxyl groups is 2. The van der Waals surface area contributed by atoms with Crippen molar-refractivity contribution in [3.8, 4) is 11.5 Å². The first-order valence-electron chi connectivity index (χ1n) is 4.46. The second kappa shape index (κ2) is 4.04. The van der Waals surface area contributed by atoms with Gasteiger partial charge in [-0.1, -0.05) is 13.3 Å². The van der Waals surface area contributed by atoms with E-state index in [1.807, 2.05) is 6.92 Å². The number of hydrogen-bond donors (Lipinski definition) is 3. The first-order chi connectivity index (χ1) is 6.99. The van der Waals surface area contributed by atoms with Gasteiger partial charge >= 0.3 is 5.69 Å². The number of nitro benzene ring substituents is 1. The number of phenols is 2. The van der Waals surface area contributed by atoms with E-state index >= 15 is 0 Å². The van der Waals surface area contributed by atoms with Gasteiger partial charge in [-0.25, -0.2) is 0 Å². The molecule has 1 rings (SSSR count). The van der Waals surface area contributed by atoms with E-state index in [1.165, 1.54) is 6.07 Å². The summed E-state index contributed by atoms with van der Waals surface area (Å²) in [5, 5.41) is 29.5. The molecule has 6 heteroatoms. The lowest BCUT2D eigenvalue weighted by molar-refractivity contribution is -0.385. The number of hydrogen-bond acceptors (Lipinski definition) is 5. The Morgan fingerprint density at radius 2 is 2.13 bits per heavy atom. The molecule has 0 bridgehead atoms. The van der Waals surface area contributed by atoms with Gasteiger partial charge in [0.05, 0.1) is 4.92 Å². The van der Waals surface area contributed by atoms with E-state index in [0.717, 1.165) is 0 Å². The van der Waals surface area contributed by atoms with E-state index in [0.29, 0.717) is 18.4 Å². The highest BCUT2D eigenvalue weighted by molar-refractivity contribution is 5.74. The number of phenolic OH excluding ortho intramolecular Hbond substituents is 2. The molecule has 0 aliphatic heterocycles. The van der Waals surface area contributed by atoms with E-state index < -0.39 is 22.0 Å². The van der Waals surface area contributed by atoms with Crippen LogP contribution >= 0.6 is 0 Å². The molecule has 0 fully saturated rings. The normalized spacial score (nSPS) is 10.2. The molecule has 0 aliphatic carbocycles. The molecule has 82 valence electrons. The summed E-state index contributed by atoms with van der Waals surface area (Å²) >= 11 is 0. The largest absolute Gasteiger partial charge is 0.506 e. The standard InChI is InChI=1S/C9H12N2O4/c1-2-3-5-4-6(12)7(10)8(9(5)13)11(14)15/h4,12-13H,2-3,10H2,1H3. The highest BCUT2D eigenvalue weighted by Gasteiger charge is 2.24. The van der Waals surface area contributed by atoms with Crippen LogP contribution in [-0.4, -0.2) is 15.1 Å². The van der Waals surface area contributed by atoms with E-state index in [9.17, 15) is 20.3 Å². The summed E-state index contributed by atoms with van der Waals surface area (Å²) in [7, 11) is 0. The molecule has 0 atom stereocenters. The molecular formula is C9H12N2O4. The third kappa shape index (κ3) is 1.93. The number of nitrogens with zero attached hydrogens (tertiary/aromatic N) is 1. The van der Waals surface area contributed by atoms with Gasteiger partial charge in [0.15, 0.2) is 11.4 Å². The quantitative estimate of drug-likeness (QED) is 0.231. The molecule has 0 amide bonds. The van der Waals surface area contributed by atoms with Crippen LogP contribution in [0.3, 0.4) is 0 Å². The lowest BCUT2D eigenvalue weighted by Gasteiger charge is -2.07. The molecular weight excluding hydrogens is 200 g/mol. The molecule has 0 aliphatic rings. The van der Waals surface area contributed by atoms with Gasteiger partial charge in [-0.2, -0.15) is 0 Å². The van der Waals surface area contributed by atoms with Gasteiger partial charge in [0.2, 0.25) is 0 Å². The van der Waals surface area contributed by atoms with Crippen molar-refractivity contribution in [2.24, 2.45) is 0 Å². The van der Waals surface area contributed by atoms with E-state index in [4.69, 9.17) is 5.73 Å². The lowest BCUT2D eigenvalue weighted by atomic mass is 10.1. The molecule has 4 N–H and O–H groups in total. The Labute approximate surface area is 86.1 Å². The van der Waals surface area contributed by atoms with Crippen molar-refractivity contribution < 1.29 is 15.1 Å². The summed E-state index contributed by atoms with van der Waals surface area (Å²) in [5.41, 5.74) is 4.60. The fourth-order valence-electron chi connectivity index (χ4n) is 1.36. The second-order valence-corrected chi connectivity index (χ2v) is 3.17. The van der Waals surface area contributed by atoms with Crippen molar-refractivity contribution >= 4 is 11.4 Å². The molecule has 0 saturated heterocycles. The zero-order valence-electron chi connectivity index (χ0n) is 8.23. The minimum atomic E-state index is -0.802. The number of nitrogens with two attached hydrogens (primary N) is 1. The molecule has 0 aromatic heterocycles. The summed E-state index contributed by atoms with van der Waals surface area (Å²) in [4.78, 5) is 9.80. The van der Waals surface area contributed by atoms with Gasteiger partial charge in [-0.15, -0.1) is 0 Å². The summed E-state index contributed by atoms with van der Waals surface area (Å²) in [6.07, 6.45) is 1.15. The maximum Gasteiger partial charge on any atom is 0.337 e. The molecule has 0 saturated carbocycles. The minimum Gasteiger partial charge on any atom is -0.506 e. The van der Waals surface area contributed by atoms with Crippen molar-refractivity contribution in [2.75, 3.05) is 5.73 Å². The van der Waals surface area contributed by atoms with Crippen LogP contribution in [0, 0.1) is 10.1 Å². The zero-order chi connectivity index (χ0) is 11.6. The first-order valence-corrected chi connectivity index (χ1v) is 4.46. The highest BCUT2D eigenvalue weighted by Crippen LogP contribution is 2.41. The molecule has 0 unspecified atom stereocenters. The maximum absolute atomic E-state index is 10.6. The third-order valence-corrected chi connectivity index (χ3v) is 2.07. The molecule has 15 heavy (non-hydrogen) atoms. The molecule has 6 nitrogen and oxygen atoms in total. The first kappa shape index (κ1) is 11.1. The van der Waals surface area contributed by atoms with Gasteiger partial charge in [0.1, 0.15) is 5.75 Å². The molecule has 0 radical (unpaired) electrons. The van der Waals surface area contributed by atoms with Crippen LogP contribution in [0.15, 0.2) is 6.07 Å². The van der Waals surface area contributed by atoms with Crippen LogP contribution in [0.4, 0.5) is 11.4 Å². The molecule has 0 heterocycles. The van der Waals surface area contributed by atoms with Crippen LogP contribution in [0.25, 0.3) is 0 Å². The van der Waals surface area contributed by atoms with Crippen LogP contribution in [0.2, 0.25) is 0 Å². The van der Waals surface area contributed by atoms with Crippen LogP contribution in [0.1, 0.15) is 18.9 Å². The fourth-order valence-corrected chi connectivity index (χ4v) is 1.36. The van der Waals surface area contributed by atoms with Gasteiger partial charge in [0.25, 0.3) is 0 Å². The van der Waals surface area contributed by atoms with Crippen LogP contribution < -0.4 is 5.73 Å². The average Bonchev–Trinajstić information content (AvgIpc) is 2.14. The van der Waals surface area contributed by atoms with Crippen LogP contribution in [0.5, 0.6) is 11.5 Å². The Balaban J connectivity index is 3.42. The topological polar surface area (TPSA) is 110 Å². The third-order valence-electron chi connectivity index (χ3n) is 2.07. The van der Waals surface area contributed by atoms with Gasteiger partial charge in [-0.05, 0) is 12.5 Å². The highest BCUT2D eigenvalue weighted by atomic mass is 16.6. The summed E-state index contributed by atoms with van der Waals surface area (Å²) in [6, 6.07) is 1.25. The fraction of sp³-hybridized carbons (Fsp3) is 0.333. The van der Waals surface area contributed by atoms with Gasteiger partial charge in [-0.3, -0.25) is 10.1 Å². The smallest absolute Gasteiger partial charge is 0.337 e. The number of benzene rings is 1. The number of anilines is 1. The van der Waals surface area contributed by atoms with Crippen molar-refractivity contribution in [1.82, 2.24) is 0 Å². The van der Waals surface area contributed by atoms with Crippen LogP contribution in [-0.2, 0) is 6.42 Å². The SMILES string of the molecule is CCCc1cc(O)c(N)c([N+](=O)[O-])c1O. The second-order valence-electron chi connectivity index (χ2n) is 3.17. The average molecular weight is 212 g/mol. The van der Waals surface area contributed by atoms with E-state index in [-0.39, 0.29) is 5.75 Å². The molecule has 1 aromatic rings. The van der Waals surface area contributed by atoms with Crippen molar-refractivity contribution in [3.63, 3.8) is 0 Å². The monoisotopic (exact) mass is 212 g/mol. The Kier molecular flexibility index (Phi) is 2.99. The predicted octanol–water partition coefficient (Wildman–Crippen LogP) is 1.54.